The van der Waals surface area contributed by atoms with Crippen LogP contribution in [0.5, 0.6) is 0 Å². The Kier molecular flexibility index (Phi) is 4.90. The summed E-state index contributed by atoms with van der Waals surface area (Å²) in [5.74, 6) is 0. The van der Waals surface area contributed by atoms with Crippen molar-refractivity contribution in [1.82, 2.24) is 0 Å². The van der Waals surface area contributed by atoms with Crippen LogP contribution in [0.25, 0.3) is 0 Å². The highest BCUT2D eigenvalue weighted by Crippen LogP contribution is 2.70. The second kappa shape index (κ2) is 7.14. The highest BCUT2D eigenvalue weighted by molar-refractivity contribution is 7.19. The van der Waals surface area contributed by atoms with Gasteiger partial charge in [-0.25, -0.2) is 0 Å². The van der Waals surface area contributed by atoms with Gasteiger partial charge >= 0.3 is 69.7 Å². The summed E-state index contributed by atoms with van der Waals surface area (Å²) in [7, 11) is -32.7. The molecule has 0 amide bonds. The third kappa shape index (κ3) is 2.39. The largest absolute Gasteiger partial charge is 0.515 e. The molecule has 0 aromatic heterocycles. The maximum atomic E-state index is 7.12. The van der Waals surface area contributed by atoms with Crippen LogP contribution >= 0.6 is 0 Å². The average molecular weight is 657 g/mol. The highest BCUT2D eigenvalue weighted by atomic mass is 28.6. The molecule has 9 saturated heterocycles. The second-order valence-corrected chi connectivity index (χ2v) is 33.7. The molecular weight excluding hydrogens is 633 g/mol. The van der Waals surface area contributed by atoms with E-state index in [9.17, 15) is 0 Å². The van der Waals surface area contributed by atoms with Gasteiger partial charge in [0.15, 0.2) is 4.85 Å². The van der Waals surface area contributed by atoms with Crippen LogP contribution in [0.15, 0.2) is 98.6 Å². The lowest BCUT2D eigenvalue weighted by Crippen LogP contribution is -2.90. The van der Waals surface area contributed by atoms with Crippen molar-refractivity contribution in [2.75, 3.05) is 0 Å². The van der Waals surface area contributed by atoms with Crippen LogP contribution in [0.4, 0.5) is 0 Å². The summed E-state index contributed by atoms with van der Waals surface area (Å²) in [6.45, 7) is 32.3. The zero-order valence-electron chi connectivity index (χ0n) is 20.2. The number of rotatable bonds is 8. The minimum atomic E-state index is -4.35. The first-order valence-corrected chi connectivity index (χ1v) is 26.1. The van der Waals surface area contributed by atoms with E-state index in [0.717, 1.165) is 0 Å². The van der Waals surface area contributed by atoms with Gasteiger partial charge in [0.05, 0.1) is 0 Å². The molecule has 9 fully saturated rings. The molecule has 9 aliphatic rings. The first-order chi connectivity index (χ1) is 18.0. The number of hydrogen-bond acceptors (Lipinski definition) is 12. The van der Waals surface area contributed by atoms with E-state index in [1.54, 1.807) is 11.8 Å². The molecule has 0 radical (unpaired) electrons. The Bertz CT molecular complexity index is 1310. The molecular formula is C18H24O12Si8. The van der Waals surface area contributed by atoms with Crippen LogP contribution in [-0.4, -0.2) is 79.6 Å². The summed E-state index contributed by atoms with van der Waals surface area (Å²) in [4.78, 5) is -1.59. The molecule has 20 heteroatoms. The van der Waals surface area contributed by atoms with Crippen molar-refractivity contribution in [3.05, 3.63) is 98.6 Å². The lowest BCUT2D eigenvalue weighted by Gasteiger charge is -2.59. The first kappa shape index (κ1) is 26.1. The molecule has 2 spiro atoms. The quantitative estimate of drug-likeness (QED) is 0.276. The zero-order valence-corrected chi connectivity index (χ0v) is 28.2. The van der Waals surface area contributed by atoms with Crippen molar-refractivity contribution in [3.8, 4) is 0 Å². The SMILES string of the molecule is C=CC12O[Si]3(C=C)O[Si]4(C=C)O[Si]5(C=C)O[Si]6(C=C)O[Si]7(C=C)OC(O[Si]1(C=C)O7)([Si](C=C)(O6)O4)[Si]2(O3)O5. The third-order valence-electron chi connectivity index (χ3n) is 7.45. The van der Waals surface area contributed by atoms with Gasteiger partial charge in [0.1, 0.15) is 0 Å². The molecule has 9 rings (SSSR count). The van der Waals surface area contributed by atoms with Crippen molar-refractivity contribution in [1.29, 1.82) is 0 Å². The summed E-state index contributed by atoms with van der Waals surface area (Å²) < 4.78 is 82.1. The maximum Gasteiger partial charge on any atom is 0.515 e. The molecule has 0 saturated carbocycles. The molecule has 0 aliphatic carbocycles. The predicted octanol–water partition coefficient (Wildman–Crippen LogP) is 1.16. The van der Waals surface area contributed by atoms with Gasteiger partial charge < -0.3 is 50.3 Å². The van der Waals surface area contributed by atoms with E-state index in [2.05, 4.69) is 52.6 Å². The van der Waals surface area contributed by atoms with Crippen molar-refractivity contribution < 1.29 is 50.3 Å². The van der Waals surface area contributed by atoms with E-state index in [1.165, 1.54) is 34.2 Å². The Morgan fingerprint density at radius 1 is 0.395 bits per heavy atom. The third-order valence-corrected chi connectivity index (χ3v) is 43.6. The standard InChI is InChI=1S/C18H24O12Si8/c1-9-17-19-33(12-4)25-35(14-6)23-32(11-3)18-20-31(17,10-2)22-34(13-5,21-18)26-36(15-7,24-32)28-37(16-8,27-35)30-38(17,18)29-33/h9-16H,1-8H2. The molecule has 10 unspecified atom stereocenters. The first-order valence-electron chi connectivity index (χ1n) is 11.5. The lowest BCUT2D eigenvalue weighted by atomic mass is 10.7. The van der Waals surface area contributed by atoms with Crippen molar-refractivity contribution >= 4 is 69.7 Å². The molecule has 9 aliphatic heterocycles. The fourth-order valence-electron chi connectivity index (χ4n) is 5.95. The van der Waals surface area contributed by atoms with E-state index in [4.69, 9.17) is 50.3 Å². The molecule has 200 valence electrons. The van der Waals surface area contributed by atoms with E-state index in [-0.39, 0.29) is 0 Å². The lowest BCUT2D eigenvalue weighted by molar-refractivity contribution is -0.0995. The molecule has 12 nitrogen and oxygen atoms in total. The monoisotopic (exact) mass is 656 g/mol. The van der Waals surface area contributed by atoms with Crippen LogP contribution in [0.1, 0.15) is 0 Å². The summed E-state index contributed by atoms with van der Waals surface area (Å²) in [6, 6.07) is 0. The Morgan fingerprint density at radius 3 is 1.29 bits per heavy atom. The van der Waals surface area contributed by atoms with Gasteiger partial charge in [0.25, 0.3) is 0 Å². The minimum Gasteiger partial charge on any atom is -0.386 e. The van der Waals surface area contributed by atoms with Crippen LogP contribution in [-0.2, 0) is 50.3 Å². The van der Waals surface area contributed by atoms with Gasteiger partial charge in [-0.15, -0.1) is 39.5 Å². The summed E-state index contributed by atoms with van der Waals surface area (Å²) >= 11 is 0. The Hall–Kier alpha value is -0.825. The Morgan fingerprint density at radius 2 is 0.816 bits per heavy atom. The van der Waals surface area contributed by atoms with E-state index in [0.29, 0.717) is 0 Å². The van der Waals surface area contributed by atoms with Crippen molar-refractivity contribution in [2.45, 2.75) is 9.88 Å². The van der Waals surface area contributed by atoms with Gasteiger partial charge in [-0.1, -0.05) is 19.2 Å². The second-order valence-electron chi connectivity index (χ2n) is 9.18. The highest BCUT2D eigenvalue weighted by Gasteiger charge is 3.05. The minimum absolute atomic E-state index is 1.42. The predicted molar refractivity (Wildman–Crippen MR) is 146 cm³/mol. The zero-order chi connectivity index (χ0) is 27.1. The molecule has 38 heavy (non-hydrogen) atoms. The molecule has 0 N–H and O–H groups in total. The smallest absolute Gasteiger partial charge is 0.386 e. The summed E-state index contributed by atoms with van der Waals surface area (Å²) in [5.41, 5.74) is 10.3. The molecule has 0 aromatic carbocycles. The Labute approximate surface area is 227 Å². The molecule has 9 heterocycles. The summed E-state index contributed by atoms with van der Waals surface area (Å²) in [6.07, 6.45) is 1.55. The van der Waals surface area contributed by atoms with Gasteiger partial charge in [-0.3, -0.25) is 0 Å². The topological polar surface area (TPSA) is 111 Å². The van der Waals surface area contributed by atoms with Gasteiger partial charge in [-0.05, 0) is 39.9 Å². The Balaban J connectivity index is 1.74. The van der Waals surface area contributed by atoms with Gasteiger partial charge in [0.2, 0.25) is 5.03 Å². The van der Waals surface area contributed by atoms with Crippen LogP contribution < -0.4 is 0 Å². The fraction of sp³-hybridized carbons (Fsp3) is 0.111. The fourth-order valence-corrected chi connectivity index (χ4v) is 56.3. The van der Waals surface area contributed by atoms with E-state index in [1.807, 2.05) is 0 Å². The van der Waals surface area contributed by atoms with Crippen LogP contribution in [0.2, 0.25) is 0 Å². The van der Waals surface area contributed by atoms with E-state index < -0.39 is 79.6 Å². The number of hydrogen-bond donors (Lipinski definition) is 0. The maximum absolute atomic E-state index is 7.12. The molecule has 10 atom stereocenters. The normalized spacial score (nSPS) is 60.2. The van der Waals surface area contributed by atoms with Gasteiger partial charge in [0, 0.05) is 0 Å². The summed E-state index contributed by atoms with van der Waals surface area (Å²) in [5, 5.41) is -1.88. The van der Waals surface area contributed by atoms with Crippen molar-refractivity contribution in [3.63, 3.8) is 0 Å². The van der Waals surface area contributed by atoms with E-state index >= 15 is 0 Å². The molecule has 0 aromatic rings. The number of fused-ring (bicyclic) bond motifs is 3. The average Bonchev–Trinajstić information content (AvgIpc) is 3.27. The van der Waals surface area contributed by atoms with Crippen LogP contribution in [0, 0.1) is 0 Å². The van der Waals surface area contributed by atoms with Crippen LogP contribution in [0.3, 0.4) is 0 Å². The van der Waals surface area contributed by atoms with Gasteiger partial charge in [-0.2, -0.15) is 0 Å². The molecule has 9 bridgehead atoms. The van der Waals surface area contributed by atoms with Crippen molar-refractivity contribution in [2.24, 2.45) is 0 Å².